The third-order valence-corrected chi connectivity index (χ3v) is 4.96. The highest BCUT2D eigenvalue weighted by atomic mass is 32.1. The lowest BCUT2D eigenvalue weighted by molar-refractivity contribution is -0.385. The Labute approximate surface area is 165 Å². The predicted molar refractivity (Wildman–Crippen MR) is 109 cm³/mol. The van der Waals surface area contributed by atoms with Gasteiger partial charge in [0.15, 0.2) is 0 Å². The van der Waals surface area contributed by atoms with Crippen molar-refractivity contribution < 1.29 is 9.72 Å². The smallest absolute Gasteiger partial charge is 0.276 e. The molecule has 0 aliphatic heterocycles. The molecule has 1 atom stereocenters. The summed E-state index contributed by atoms with van der Waals surface area (Å²) in [7, 11) is 0. The van der Waals surface area contributed by atoms with Gasteiger partial charge in [-0.2, -0.15) is 0 Å². The number of aromatic nitrogens is 2. The topological polar surface area (TPSA) is 98.0 Å². The van der Waals surface area contributed by atoms with Gasteiger partial charge in [0, 0.05) is 18.6 Å². The molecule has 3 rings (SSSR count). The Morgan fingerprint density at radius 1 is 1.18 bits per heavy atom. The minimum atomic E-state index is -0.484. The van der Waals surface area contributed by atoms with Crippen LogP contribution >= 0.6 is 11.3 Å². The molecule has 1 heterocycles. The van der Waals surface area contributed by atoms with Gasteiger partial charge in [-0.25, -0.2) is 0 Å². The summed E-state index contributed by atoms with van der Waals surface area (Å²) in [6, 6.07) is 16.3. The summed E-state index contributed by atoms with van der Waals surface area (Å²) in [5.41, 5.74) is 1.52. The molecule has 142 valence electrons. The largest absolute Gasteiger partial charge is 0.297 e. The van der Waals surface area contributed by atoms with E-state index in [1.807, 2.05) is 18.2 Å². The van der Waals surface area contributed by atoms with Crippen LogP contribution in [0.1, 0.15) is 29.0 Å². The van der Waals surface area contributed by atoms with Crippen LogP contribution in [0.15, 0.2) is 60.7 Å². The quantitative estimate of drug-likeness (QED) is 0.363. The standard InChI is InChI=1S/C20H18N4O3S/c1-14(15-7-3-2-4-8-15)13-19-22-23-20(28-19)21-18(25)12-11-16-9-5-6-10-17(16)24(26)27/h2-12,14H,13H2,1H3,(H,21,23,25)/b12-11+. The van der Waals surface area contributed by atoms with Crippen LogP contribution in [-0.4, -0.2) is 21.0 Å². The number of anilines is 1. The SMILES string of the molecule is CC(Cc1nnc(NC(=O)/C=C/c2ccccc2[N+](=O)[O-])s1)c1ccccc1. The lowest BCUT2D eigenvalue weighted by Gasteiger charge is -2.08. The number of benzene rings is 2. The van der Waals surface area contributed by atoms with Crippen molar-refractivity contribution in [1.82, 2.24) is 10.2 Å². The maximum atomic E-state index is 12.1. The van der Waals surface area contributed by atoms with E-state index in [-0.39, 0.29) is 11.6 Å². The number of nitrogens with one attached hydrogen (secondary N) is 1. The number of para-hydroxylation sites is 1. The number of carbonyl (C=O) groups is 1. The van der Waals surface area contributed by atoms with Gasteiger partial charge < -0.3 is 0 Å². The van der Waals surface area contributed by atoms with E-state index < -0.39 is 10.8 Å². The number of nitro benzene ring substituents is 1. The van der Waals surface area contributed by atoms with Crippen LogP contribution in [0.25, 0.3) is 6.08 Å². The fraction of sp³-hybridized carbons (Fsp3) is 0.150. The molecule has 7 nitrogen and oxygen atoms in total. The lowest BCUT2D eigenvalue weighted by atomic mass is 9.98. The first-order chi connectivity index (χ1) is 13.5. The predicted octanol–water partition coefficient (Wildman–Crippen LogP) is 4.44. The van der Waals surface area contributed by atoms with Crippen molar-refractivity contribution in [1.29, 1.82) is 0 Å². The maximum absolute atomic E-state index is 12.1. The normalized spacial score (nSPS) is 12.0. The Hall–Kier alpha value is -3.39. The molecule has 1 aromatic heterocycles. The monoisotopic (exact) mass is 394 g/mol. The van der Waals surface area contributed by atoms with Crippen molar-refractivity contribution in [2.75, 3.05) is 5.32 Å². The Balaban J connectivity index is 1.60. The van der Waals surface area contributed by atoms with Crippen molar-refractivity contribution in [2.24, 2.45) is 0 Å². The number of nitrogens with zero attached hydrogens (tertiary/aromatic N) is 3. The molecule has 0 saturated carbocycles. The Bertz CT molecular complexity index is 1000. The van der Waals surface area contributed by atoms with Crippen molar-refractivity contribution >= 4 is 34.1 Å². The fourth-order valence-electron chi connectivity index (χ4n) is 2.66. The van der Waals surface area contributed by atoms with E-state index in [9.17, 15) is 14.9 Å². The third kappa shape index (κ3) is 5.08. The maximum Gasteiger partial charge on any atom is 0.276 e. The van der Waals surface area contributed by atoms with Gasteiger partial charge in [0.25, 0.3) is 5.69 Å². The van der Waals surface area contributed by atoms with Gasteiger partial charge in [0.2, 0.25) is 11.0 Å². The number of carbonyl (C=O) groups excluding carboxylic acids is 1. The molecular weight excluding hydrogens is 376 g/mol. The molecule has 1 amide bonds. The molecule has 0 aliphatic carbocycles. The summed E-state index contributed by atoms with van der Waals surface area (Å²) in [6.45, 7) is 2.12. The van der Waals surface area contributed by atoms with Crippen LogP contribution in [0.5, 0.6) is 0 Å². The van der Waals surface area contributed by atoms with E-state index in [1.165, 1.54) is 35.1 Å². The van der Waals surface area contributed by atoms with Gasteiger partial charge in [-0.15, -0.1) is 10.2 Å². The van der Waals surface area contributed by atoms with Crippen LogP contribution in [0.4, 0.5) is 10.8 Å². The minimum absolute atomic E-state index is 0.0559. The van der Waals surface area contributed by atoms with Crippen LogP contribution in [0.2, 0.25) is 0 Å². The molecule has 8 heteroatoms. The Morgan fingerprint density at radius 3 is 2.64 bits per heavy atom. The van der Waals surface area contributed by atoms with Crippen molar-refractivity contribution in [3.8, 4) is 0 Å². The summed E-state index contributed by atoms with van der Waals surface area (Å²) in [5.74, 6) is -0.131. The highest BCUT2D eigenvalue weighted by molar-refractivity contribution is 7.15. The van der Waals surface area contributed by atoms with E-state index in [2.05, 4.69) is 34.6 Å². The van der Waals surface area contributed by atoms with Crippen LogP contribution in [-0.2, 0) is 11.2 Å². The lowest BCUT2D eigenvalue weighted by Crippen LogP contribution is -2.07. The minimum Gasteiger partial charge on any atom is -0.297 e. The molecule has 0 bridgehead atoms. The van der Waals surface area contributed by atoms with Crippen molar-refractivity contribution in [3.05, 3.63) is 86.9 Å². The first-order valence-corrected chi connectivity index (χ1v) is 9.44. The molecule has 0 saturated heterocycles. The highest BCUT2D eigenvalue weighted by Crippen LogP contribution is 2.24. The molecule has 1 N–H and O–H groups in total. The average Bonchev–Trinajstić information content (AvgIpc) is 3.13. The molecule has 3 aromatic rings. The summed E-state index contributed by atoms with van der Waals surface area (Å²) < 4.78 is 0. The van der Waals surface area contributed by atoms with Gasteiger partial charge in [-0.3, -0.25) is 20.2 Å². The molecule has 0 spiro atoms. The zero-order valence-corrected chi connectivity index (χ0v) is 15.9. The Morgan fingerprint density at radius 2 is 1.89 bits per heavy atom. The summed E-state index contributed by atoms with van der Waals surface area (Å²) in [4.78, 5) is 22.6. The number of hydrogen-bond donors (Lipinski definition) is 1. The van der Waals surface area contributed by atoms with Crippen LogP contribution in [0.3, 0.4) is 0 Å². The van der Waals surface area contributed by atoms with E-state index in [0.29, 0.717) is 10.7 Å². The first-order valence-electron chi connectivity index (χ1n) is 8.62. The molecule has 0 radical (unpaired) electrons. The molecule has 2 aromatic carbocycles. The average molecular weight is 394 g/mol. The van der Waals surface area contributed by atoms with E-state index in [1.54, 1.807) is 18.2 Å². The van der Waals surface area contributed by atoms with E-state index in [4.69, 9.17) is 0 Å². The zero-order valence-electron chi connectivity index (χ0n) is 15.1. The van der Waals surface area contributed by atoms with Crippen LogP contribution in [0, 0.1) is 10.1 Å². The summed E-state index contributed by atoms with van der Waals surface area (Å²) in [6.07, 6.45) is 3.38. The van der Waals surface area contributed by atoms with Gasteiger partial charge >= 0.3 is 0 Å². The number of rotatable bonds is 7. The third-order valence-electron chi connectivity index (χ3n) is 4.09. The molecule has 0 aliphatic rings. The van der Waals surface area contributed by atoms with E-state index in [0.717, 1.165) is 11.4 Å². The Kier molecular flexibility index (Phi) is 6.23. The van der Waals surface area contributed by atoms with E-state index >= 15 is 0 Å². The highest BCUT2D eigenvalue weighted by Gasteiger charge is 2.13. The second-order valence-electron chi connectivity index (χ2n) is 6.16. The van der Waals surface area contributed by atoms with Gasteiger partial charge in [0.1, 0.15) is 5.01 Å². The first kappa shape index (κ1) is 19.4. The second kappa shape index (κ2) is 9.01. The van der Waals surface area contributed by atoms with Gasteiger partial charge in [-0.1, -0.05) is 60.7 Å². The van der Waals surface area contributed by atoms with Crippen molar-refractivity contribution in [2.45, 2.75) is 19.3 Å². The number of hydrogen-bond acceptors (Lipinski definition) is 6. The molecule has 0 fully saturated rings. The van der Waals surface area contributed by atoms with Crippen molar-refractivity contribution in [3.63, 3.8) is 0 Å². The zero-order chi connectivity index (χ0) is 19.9. The number of nitro groups is 1. The fourth-order valence-corrected chi connectivity index (χ4v) is 3.53. The van der Waals surface area contributed by atoms with Gasteiger partial charge in [-0.05, 0) is 23.6 Å². The second-order valence-corrected chi connectivity index (χ2v) is 7.22. The van der Waals surface area contributed by atoms with Gasteiger partial charge in [0.05, 0.1) is 10.5 Å². The van der Waals surface area contributed by atoms with Crippen LogP contribution < -0.4 is 5.32 Å². The number of amides is 1. The summed E-state index contributed by atoms with van der Waals surface area (Å²) in [5, 5.41) is 23.0. The summed E-state index contributed by atoms with van der Waals surface area (Å²) >= 11 is 1.32. The molecule has 28 heavy (non-hydrogen) atoms. The molecular formula is C20H18N4O3S. The molecule has 1 unspecified atom stereocenters.